The number of aryl methyl sites for hydroxylation is 1. The first-order valence-electron chi connectivity index (χ1n) is 11.5. The van der Waals surface area contributed by atoms with E-state index >= 15 is 0 Å². The van der Waals surface area contributed by atoms with Crippen molar-refractivity contribution in [1.29, 1.82) is 0 Å². The minimum absolute atomic E-state index is 0.135. The number of amides is 3. The molecule has 0 unspecified atom stereocenters. The van der Waals surface area contributed by atoms with E-state index in [1.165, 1.54) is 0 Å². The topological polar surface area (TPSA) is 109 Å². The fourth-order valence-electron chi connectivity index (χ4n) is 4.10. The predicted octanol–water partition coefficient (Wildman–Crippen LogP) is 3.09. The third kappa shape index (κ3) is 4.92. The molecule has 1 fully saturated rings. The van der Waals surface area contributed by atoms with Crippen LogP contribution in [0.1, 0.15) is 21.8 Å². The number of fused-ring (bicyclic) bond motifs is 1. The number of carbonyl (C=O) groups excluding carboxylic acids is 2. The van der Waals surface area contributed by atoms with Gasteiger partial charge in [0, 0.05) is 62.7 Å². The number of urea groups is 1. The van der Waals surface area contributed by atoms with E-state index in [4.69, 9.17) is 13.9 Å². The van der Waals surface area contributed by atoms with Crippen molar-refractivity contribution < 1.29 is 23.5 Å². The molecule has 0 atom stereocenters. The van der Waals surface area contributed by atoms with Crippen LogP contribution in [-0.2, 0) is 6.54 Å². The highest BCUT2D eigenvalue weighted by Gasteiger charge is 2.24. The molecule has 3 aromatic rings. The molecular weight excluding hydrogens is 450 g/mol. The molecule has 0 radical (unpaired) electrons. The minimum Gasteiger partial charge on any atom is -0.454 e. The molecule has 1 aromatic heterocycles. The van der Waals surface area contributed by atoms with Crippen LogP contribution < -0.4 is 20.1 Å². The molecule has 0 spiro atoms. The van der Waals surface area contributed by atoms with Crippen LogP contribution in [0.15, 0.2) is 46.9 Å². The quantitative estimate of drug-likeness (QED) is 0.581. The summed E-state index contributed by atoms with van der Waals surface area (Å²) in [4.78, 5) is 33.2. The van der Waals surface area contributed by atoms with Crippen molar-refractivity contribution in [3.8, 4) is 23.0 Å². The average molecular weight is 478 g/mol. The standard InChI is InChI=1S/C25H27N5O5/c1-16-20(28-24(35-16)18-5-3-17(4-6-18)23(31)26-2)14-29-9-11-30(12-10-29)25(32)27-19-7-8-21-22(13-19)34-15-33-21/h3-8,13H,9-12,14-15H2,1-2H3,(H,26,31)(H,27,32). The van der Waals surface area contributed by atoms with E-state index in [-0.39, 0.29) is 18.7 Å². The van der Waals surface area contributed by atoms with Gasteiger partial charge >= 0.3 is 6.03 Å². The van der Waals surface area contributed by atoms with Crippen LogP contribution in [-0.4, -0.2) is 66.7 Å². The van der Waals surface area contributed by atoms with Crippen molar-refractivity contribution in [3.63, 3.8) is 0 Å². The summed E-state index contributed by atoms with van der Waals surface area (Å²) in [5.41, 5.74) is 2.95. The van der Waals surface area contributed by atoms with Crippen LogP contribution >= 0.6 is 0 Å². The van der Waals surface area contributed by atoms with Gasteiger partial charge in [-0.2, -0.15) is 0 Å². The van der Waals surface area contributed by atoms with Gasteiger partial charge in [0.2, 0.25) is 12.7 Å². The number of hydrogen-bond acceptors (Lipinski definition) is 7. The number of carbonyl (C=O) groups is 2. The molecule has 3 heterocycles. The van der Waals surface area contributed by atoms with Crippen molar-refractivity contribution in [2.75, 3.05) is 45.3 Å². The zero-order valence-corrected chi connectivity index (χ0v) is 19.7. The fraction of sp³-hybridized carbons (Fsp3) is 0.320. The van der Waals surface area contributed by atoms with Crippen LogP contribution in [0.3, 0.4) is 0 Å². The predicted molar refractivity (Wildman–Crippen MR) is 128 cm³/mol. The number of rotatable bonds is 5. The molecule has 5 rings (SSSR count). The SMILES string of the molecule is CNC(=O)c1ccc(-c2nc(CN3CCN(C(=O)Nc4ccc5c(c4)OCO5)CC3)c(C)o2)cc1. The zero-order valence-electron chi connectivity index (χ0n) is 19.7. The van der Waals surface area contributed by atoms with E-state index < -0.39 is 0 Å². The summed E-state index contributed by atoms with van der Waals surface area (Å²) in [6, 6.07) is 12.4. The molecule has 0 bridgehead atoms. The maximum atomic E-state index is 12.7. The second-order valence-electron chi connectivity index (χ2n) is 8.44. The summed E-state index contributed by atoms with van der Waals surface area (Å²) in [6.07, 6.45) is 0. The molecular formula is C25H27N5O5. The number of benzene rings is 2. The van der Waals surface area contributed by atoms with Crippen molar-refractivity contribution in [2.24, 2.45) is 0 Å². The first-order valence-corrected chi connectivity index (χ1v) is 11.5. The summed E-state index contributed by atoms with van der Waals surface area (Å²) in [5.74, 6) is 2.48. The number of oxazole rings is 1. The largest absolute Gasteiger partial charge is 0.454 e. The maximum absolute atomic E-state index is 12.7. The monoisotopic (exact) mass is 477 g/mol. The normalized spacial score (nSPS) is 15.2. The Hall–Kier alpha value is -4.05. The van der Waals surface area contributed by atoms with Gasteiger partial charge in [-0.25, -0.2) is 9.78 Å². The lowest BCUT2D eigenvalue weighted by atomic mass is 10.1. The molecule has 2 N–H and O–H groups in total. The van der Waals surface area contributed by atoms with Crippen molar-refractivity contribution in [2.45, 2.75) is 13.5 Å². The van der Waals surface area contributed by atoms with Crippen molar-refractivity contribution in [3.05, 3.63) is 59.5 Å². The van der Waals surface area contributed by atoms with E-state index in [2.05, 4.69) is 20.5 Å². The third-order valence-electron chi connectivity index (χ3n) is 6.17. The Balaban J connectivity index is 1.15. The number of ether oxygens (including phenoxy) is 2. The molecule has 10 heteroatoms. The van der Waals surface area contributed by atoms with Gasteiger partial charge in [-0.1, -0.05) is 0 Å². The fourth-order valence-corrected chi connectivity index (χ4v) is 4.10. The highest BCUT2D eigenvalue weighted by molar-refractivity contribution is 5.94. The first-order chi connectivity index (χ1) is 17.0. The van der Waals surface area contributed by atoms with Crippen LogP contribution in [0.25, 0.3) is 11.5 Å². The molecule has 10 nitrogen and oxygen atoms in total. The number of anilines is 1. The highest BCUT2D eigenvalue weighted by Crippen LogP contribution is 2.34. The summed E-state index contributed by atoms with van der Waals surface area (Å²) in [7, 11) is 1.60. The zero-order chi connectivity index (χ0) is 24.4. The van der Waals surface area contributed by atoms with Crippen molar-refractivity contribution in [1.82, 2.24) is 20.1 Å². The van der Waals surface area contributed by atoms with E-state index in [0.29, 0.717) is 48.3 Å². The summed E-state index contributed by atoms with van der Waals surface area (Å²) >= 11 is 0. The van der Waals surface area contributed by atoms with E-state index in [0.717, 1.165) is 30.1 Å². The molecule has 3 amide bonds. The smallest absolute Gasteiger partial charge is 0.321 e. The van der Waals surface area contributed by atoms with Crippen LogP contribution in [0.5, 0.6) is 11.5 Å². The number of nitrogens with one attached hydrogen (secondary N) is 2. The molecule has 35 heavy (non-hydrogen) atoms. The molecule has 0 aliphatic carbocycles. The second kappa shape index (κ2) is 9.67. The summed E-state index contributed by atoms with van der Waals surface area (Å²) in [6.45, 7) is 5.43. The number of aromatic nitrogens is 1. The Bertz CT molecular complexity index is 1230. The lowest BCUT2D eigenvalue weighted by molar-refractivity contribution is 0.0963. The van der Waals surface area contributed by atoms with Crippen LogP contribution in [0, 0.1) is 6.92 Å². The molecule has 2 aliphatic heterocycles. The molecule has 2 aromatic carbocycles. The number of piperazine rings is 1. The lowest BCUT2D eigenvalue weighted by Crippen LogP contribution is -2.49. The van der Waals surface area contributed by atoms with Gasteiger partial charge in [-0.3, -0.25) is 9.69 Å². The highest BCUT2D eigenvalue weighted by atomic mass is 16.7. The van der Waals surface area contributed by atoms with E-state index in [9.17, 15) is 9.59 Å². The molecule has 2 aliphatic rings. The van der Waals surface area contributed by atoms with Gasteiger partial charge in [0.15, 0.2) is 11.5 Å². The lowest BCUT2D eigenvalue weighted by Gasteiger charge is -2.34. The summed E-state index contributed by atoms with van der Waals surface area (Å²) in [5, 5.41) is 5.54. The number of nitrogens with zero attached hydrogens (tertiary/aromatic N) is 3. The maximum Gasteiger partial charge on any atom is 0.321 e. The van der Waals surface area contributed by atoms with Gasteiger partial charge in [0.05, 0.1) is 5.69 Å². The molecule has 0 saturated carbocycles. The Labute approximate surface area is 202 Å². The van der Waals surface area contributed by atoms with Crippen molar-refractivity contribution >= 4 is 17.6 Å². The Morgan fingerprint density at radius 2 is 1.74 bits per heavy atom. The second-order valence-corrected chi connectivity index (χ2v) is 8.44. The van der Waals surface area contributed by atoms with Gasteiger partial charge in [0.25, 0.3) is 5.91 Å². The minimum atomic E-state index is -0.136. The number of hydrogen-bond donors (Lipinski definition) is 2. The molecule has 1 saturated heterocycles. The average Bonchev–Trinajstić information content (AvgIpc) is 3.50. The van der Waals surface area contributed by atoms with E-state index in [1.807, 2.05) is 19.1 Å². The first kappa shape index (κ1) is 22.7. The Morgan fingerprint density at radius 1 is 1.00 bits per heavy atom. The molecule has 182 valence electrons. The van der Waals surface area contributed by atoms with Crippen LogP contribution in [0.4, 0.5) is 10.5 Å². The van der Waals surface area contributed by atoms with Gasteiger partial charge in [0.1, 0.15) is 5.76 Å². The Morgan fingerprint density at radius 3 is 2.49 bits per heavy atom. The van der Waals surface area contributed by atoms with Gasteiger partial charge in [-0.15, -0.1) is 0 Å². The van der Waals surface area contributed by atoms with E-state index in [1.54, 1.807) is 42.3 Å². The third-order valence-corrected chi connectivity index (χ3v) is 6.17. The summed E-state index contributed by atoms with van der Waals surface area (Å²) < 4.78 is 16.6. The Kier molecular flexibility index (Phi) is 6.28. The van der Waals surface area contributed by atoms with Gasteiger partial charge in [-0.05, 0) is 43.3 Å². The van der Waals surface area contributed by atoms with Gasteiger partial charge < -0.3 is 29.4 Å². The van der Waals surface area contributed by atoms with Crippen LogP contribution in [0.2, 0.25) is 0 Å².